The summed E-state index contributed by atoms with van der Waals surface area (Å²) in [6, 6.07) is 7.80. The molecule has 2 unspecified atom stereocenters. The van der Waals surface area contributed by atoms with Crippen molar-refractivity contribution in [2.75, 3.05) is 18.1 Å². The van der Waals surface area contributed by atoms with Gasteiger partial charge in [-0.15, -0.1) is 0 Å². The van der Waals surface area contributed by atoms with Gasteiger partial charge in [-0.1, -0.05) is 17.3 Å². The summed E-state index contributed by atoms with van der Waals surface area (Å²) in [5.41, 5.74) is 6.95. The molecule has 1 aromatic heterocycles. The van der Waals surface area contributed by atoms with Gasteiger partial charge in [-0.2, -0.15) is 16.7 Å². The van der Waals surface area contributed by atoms with Crippen LogP contribution in [0.3, 0.4) is 0 Å². The van der Waals surface area contributed by atoms with Crippen LogP contribution in [0.4, 0.5) is 0 Å². The van der Waals surface area contributed by atoms with Crippen LogP contribution in [0.1, 0.15) is 18.7 Å². The molecule has 20 heavy (non-hydrogen) atoms. The number of hydrogen-bond donors (Lipinski definition) is 1. The lowest BCUT2D eigenvalue weighted by molar-refractivity contribution is 0.340. The Bertz CT molecular complexity index is 587. The third-order valence-corrected chi connectivity index (χ3v) is 4.50. The van der Waals surface area contributed by atoms with E-state index in [4.69, 9.17) is 15.0 Å². The highest BCUT2D eigenvalue weighted by atomic mass is 32.2. The molecule has 0 radical (unpaired) electrons. The van der Waals surface area contributed by atoms with Gasteiger partial charge in [0.1, 0.15) is 5.75 Å². The topological polar surface area (TPSA) is 74.2 Å². The Morgan fingerprint density at radius 2 is 2.35 bits per heavy atom. The fourth-order valence-electron chi connectivity index (χ4n) is 2.22. The number of benzene rings is 1. The van der Waals surface area contributed by atoms with Crippen molar-refractivity contribution >= 4 is 11.8 Å². The van der Waals surface area contributed by atoms with Crippen molar-refractivity contribution in [3.63, 3.8) is 0 Å². The predicted octanol–water partition coefficient (Wildman–Crippen LogP) is 2.29. The SMILES string of the molecule is CCOc1cccc(-c2noc(C3CSCC3N)n2)c1. The molecule has 1 fully saturated rings. The molecule has 2 aromatic rings. The molecule has 0 saturated carbocycles. The van der Waals surface area contributed by atoms with Gasteiger partial charge < -0.3 is 15.0 Å². The van der Waals surface area contributed by atoms with Gasteiger partial charge in [0.05, 0.1) is 12.5 Å². The summed E-state index contributed by atoms with van der Waals surface area (Å²) in [6.45, 7) is 2.59. The second-order valence-electron chi connectivity index (χ2n) is 4.72. The second-order valence-corrected chi connectivity index (χ2v) is 5.80. The summed E-state index contributed by atoms with van der Waals surface area (Å²) in [4.78, 5) is 4.49. The molecule has 0 spiro atoms. The van der Waals surface area contributed by atoms with E-state index in [1.54, 1.807) is 0 Å². The third-order valence-electron chi connectivity index (χ3n) is 3.29. The molecule has 0 aliphatic carbocycles. The monoisotopic (exact) mass is 291 g/mol. The summed E-state index contributed by atoms with van der Waals surface area (Å²) in [6.07, 6.45) is 0. The van der Waals surface area contributed by atoms with E-state index in [1.807, 2.05) is 43.0 Å². The van der Waals surface area contributed by atoms with Crippen molar-refractivity contribution in [2.24, 2.45) is 5.73 Å². The first-order valence-electron chi connectivity index (χ1n) is 6.68. The van der Waals surface area contributed by atoms with E-state index < -0.39 is 0 Å². The lowest BCUT2D eigenvalue weighted by Crippen LogP contribution is -2.26. The molecular formula is C14H17N3O2S. The van der Waals surface area contributed by atoms with Crippen molar-refractivity contribution in [1.29, 1.82) is 0 Å². The highest BCUT2D eigenvalue weighted by molar-refractivity contribution is 7.99. The van der Waals surface area contributed by atoms with Gasteiger partial charge in [-0.3, -0.25) is 0 Å². The van der Waals surface area contributed by atoms with E-state index in [0.29, 0.717) is 18.3 Å². The fourth-order valence-corrected chi connectivity index (χ4v) is 3.50. The van der Waals surface area contributed by atoms with Gasteiger partial charge in [-0.25, -0.2) is 0 Å². The lowest BCUT2D eigenvalue weighted by Gasteiger charge is -2.07. The minimum atomic E-state index is 0.100. The van der Waals surface area contributed by atoms with Gasteiger partial charge in [0, 0.05) is 23.1 Å². The van der Waals surface area contributed by atoms with Gasteiger partial charge in [0.15, 0.2) is 0 Å². The van der Waals surface area contributed by atoms with Crippen molar-refractivity contribution in [3.8, 4) is 17.1 Å². The number of hydrogen-bond acceptors (Lipinski definition) is 6. The van der Waals surface area contributed by atoms with Crippen LogP contribution in [0, 0.1) is 0 Å². The first-order valence-corrected chi connectivity index (χ1v) is 7.83. The average molecular weight is 291 g/mol. The number of thioether (sulfide) groups is 1. The largest absolute Gasteiger partial charge is 0.494 e. The van der Waals surface area contributed by atoms with Crippen LogP contribution in [0.2, 0.25) is 0 Å². The summed E-state index contributed by atoms with van der Waals surface area (Å²) in [7, 11) is 0. The summed E-state index contributed by atoms with van der Waals surface area (Å²) in [5.74, 6) is 4.09. The standard InChI is InChI=1S/C14H17N3O2S/c1-2-18-10-5-3-4-9(6-10)13-16-14(19-17-13)11-7-20-8-12(11)15/h3-6,11-12H,2,7-8,15H2,1H3. The van der Waals surface area contributed by atoms with Crippen LogP contribution in [-0.4, -0.2) is 34.3 Å². The molecule has 6 heteroatoms. The Labute approximate surface area is 121 Å². The number of rotatable bonds is 4. The Hall–Kier alpha value is -1.53. The maximum absolute atomic E-state index is 6.05. The van der Waals surface area contributed by atoms with Crippen molar-refractivity contribution in [1.82, 2.24) is 10.1 Å². The molecule has 106 valence electrons. The Balaban J connectivity index is 1.84. The average Bonchev–Trinajstić information content (AvgIpc) is 3.08. The van der Waals surface area contributed by atoms with E-state index in [9.17, 15) is 0 Å². The van der Waals surface area contributed by atoms with E-state index in [1.165, 1.54) is 0 Å². The summed E-state index contributed by atoms with van der Waals surface area (Å²) in [5, 5.41) is 4.06. The van der Waals surface area contributed by atoms with Gasteiger partial charge in [-0.05, 0) is 19.1 Å². The maximum atomic E-state index is 6.05. The quantitative estimate of drug-likeness (QED) is 0.931. The molecule has 1 saturated heterocycles. The molecule has 1 aliphatic heterocycles. The minimum Gasteiger partial charge on any atom is -0.494 e. The number of nitrogens with two attached hydrogens (primary N) is 1. The Kier molecular flexibility index (Phi) is 3.93. The smallest absolute Gasteiger partial charge is 0.232 e. The highest BCUT2D eigenvalue weighted by Crippen LogP contribution is 2.32. The van der Waals surface area contributed by atoms with Gasteiger partial charge in [0.2, 0.25) is 11.7 Å². The summed E-state index contributed by atoms with van der Waals surface area (Å²) >= 11 is 1.83. The first-order chi connectivity index (χ1) is 9.78. The number of aromatic nitrogens is 2. The summed E-state index contributed by atoms with van der Waals surface area (Å²) < 4.78 is 10.9. The molecule has 1 aromatic carbocycles. The zero-order valence-electron chi connectivity index (χ0n) is 11.3. The number of nitrogens with zero attached hydrogens (tertiary/aromatic N) is 2. The lowest BCUT2D eigenvalue weighted by atomic mass is 10.1. The van der Waals surface area contributed by atoms with Crippen molar-refractivity contribution in [3.05, 3.63) is 30.2 Å². The molecular weight excluding hydrogens is 274 g/mol. The van der Waals surface area contributed by atoms with Crippen LogP contribution in [0.15, 0.2) is 28.8 Å². The van der Waals surface area contributed by atoms with E-state index >= 15 is 0 Å². The molecule has 2 N–H and O–H groups in total. The van der Waals surface area contributed by atoms with Crippen molar-refractivity contribution < 1.29 is 9.26 Å². The molecule has 3 rings (SSSR count). The first kappa shape index (κ1) is 13.5. The van der Waals surface area contributed by atoms with Crippen LogP contribution in [0.25, 0.3) is 11.4 Å². The van der Waals surface area contributed by atoms with Gasteiger partial charge >= 0.3 is 0 Å². The van der Waals surface area contributed by atoms with E-state index in [-0.39, 0.29) is 12.0 Å². The highest BCUT2D eigenvalue weighted by Gasteiger charge is 2.31. The van der Waals surface area contributed by atoms with Crippen LogP contribution in [-0.2, 0) is 0 Å². The maximum Gasteiger partial charge on any atom is 0.232 e. The molecule has 2 heterocycles. The molecule has 2 atom stereocenters. The molecule has 1 aliphatic rings. The Morgan fingerprint density at radius 3 is 3.10 bits per heavy atom. The molecule has 0 amide bonds. The predicted molar refractivity (Wildman–Crippen MR) is 78.9 cm³/mol. The fraction of sp³-hybridized carbons (Fsp3) is 0.429. The normalized spacial score (nSPS) is 22.1. The van der Waals surface area contributed by atoms with Crippen LogP contribution in [0.5, 0.6) is 5.75 Å². The second kappa shape index (κ2) is 5.85. The minimum absolute atomic E-state index is 0.100. The van der Waals surface area contributed by atoms with Crippen LogP contribution < -0.4 is 10.5 Å². The zero-order valence-corrected chi connectivity index (χ0v) is 12.1. The number of ether oxygens (including phenoxy) is 1. The molecule has 0 bridgehead atoms. The van der Waals surface area contributed by atoms with Crippen LogP contribution >= 0.6 is 11.8 Å². The zero-order chi connectivity index (χ0) is 13.9. The molecule has 5 nitrogen and oxygen atoms in total. The van der Waals surface area contributed by atoms with Gasteiger partial charge in [0.25, 0.3) is 0 Å². The van der Waals surface area contributed by atoms with E-state index in [0.717, 1.165) is 22.8 Å². The van der Waals surface area contributed by atoms with Crippen molar-refractivity contribution in [2.45, 2.75) is 18.9 Å². The third kappa shape index (κ3) is 2.66. The Morgan fingerprint density at radius 1 is 1.45 bits per heavy atom. The van der Waals surface area contributed by atoms with E-state index in [2.05, 4.69) is 10.1 Å².